The lowest BCUT2D eigenvalue weighted by molar-refractivity contribution is 0.669. The molecule has 0 spiro atoms. The van der Waals surface area contributed by atoms with Gasteiger partial charge < -0.3 is 13.4 Å². The van der Waals surface area contributed by atoms with Gasteiger partial charge in [-0.15, -0.1) is 0 Å². The lowest BCUT2D eigenvalue weighted by Crippen LogP contribution is -2.01. The molecule has 0 radical (unpaired) electrons. The van der Waals surface area contributed by atoms with Crippen LogP contribution in [0, 0.1) is 0 Å². The van der Waals surface area contributed by atoms with Gasteiger partial charge in [0.1, 0.15) is 22.3 Å². The fraction of sp³-hybridized carbons (Fsp3) is 0. The van der Waals surface area contributed by atoms with Gasteiger partial charge in [-0.05, 0) is 75.5 Å². The Morgan fingerprint density at radius 2 is 0.984 bits per heavy atom. The number of nitrogens with zero attached hydrogens (tertiary/aromatic N) is 4. The number of fused-ring (bicyclic) bond motifs is 14. The number of benzene rings is 10. The maximum atomic E-state index is 6.83. The number of rotatable bonds is 4. The molecule has 0 unspecified atom stereocenters. The second-order valence-electron chi connectivity index (χ2n) is 16.3. The van der Waals surface area contributed by atoms with Crippen LogP contribution in [0.15, 0.2) is 203 Å². The molecule has 0 saturated heterocycles. The van der Waals surface area contributed by atoms with Crippen molar-refractivity contribution in [2.45, 2.75) is 0 Å². The van der Waals surface area contributed by atoms with Crippen LogP contribution < -0.4 is 0 Å². The molecule has 0 saturated carbocycles. The number of hydrogen-bond donors (Lipinski definition) is 0. The first-order chi connectivity index (χ1) is 31.2. The van der Waals surface area contributed by atoms with E-state index in [9.17, 15) is 0 Å². The van der Waals surface area contributed by atoms with E-state index >= 15 is 0 Å². The maximum absolute atomic E-state index is 6.83. The van der Waals surface area contributed by atoms with Gasteiger partial charge in [0.25, 0.3) is 0 Å². The van der Waals surface area contributed by atoms with Crippen LogP contribution >= 0.6 is 0 Å². The highest BCUT2D eigenvalue weighted by molar-refractivity contribution is 6.24. The van der Waals surface area contributed by atoms with Crippen LogP contribution in [0.5, 0.6) is 0 Å². The summed E-state index contributed by atoms with van der Waals surface area (Å²) < 4.78 is 15.8. The van der Waals surface area contributed by atoms with E-state index in [0.29, 0.717) is 17.5 Å². The molecule has 0 amide bonds. The van der Waals surface area contributed by atoms with E-state index in [1.807, 2.05) is 72.8 Å². The molecule has 292 valence electrons. The summed E-state index contributed by atoms with van der Waals surface area (Å²) in [7, 11) is 0. The molecular formula is C57H32N4O2. The summed E-state index contributed by atoms with van der Waals surface area (Å²) in [6.07, 6.45) is 0. The third-order valence-electron chi connectivity index (χ3n) is 12.8. The third kappa shape index (κ3) is 5.03. The van der Waals surface area contributed by atoms with Crippen molar-refractivity contribution in [3.05, 3.63) is 194 Å². The molecule has 0 fully saturated rings. The zero-order valence-electron chi connectivity index (χ0n) is 33.6. The molecule has 0 atom stereocenters. The molecule has 0 aliphatic carbocycles. The third-order valence-corrected chi connectivity index (χ3v) is 12.8. The van der Waals surface area contributed by atoms with E-state index in [1.54, 1.807) is 0 Å². The van der Waals surface area contributed by atoms with E-state index in [1.165, 1.54) is 37.8 Å². The van der Waals surface area contributed by atoms with Gasteiger partial charge in [0.2, 0.25) is 0 Å². The van der Waals surface area contributed by atoms with E-state index in [4.69, 9.17) is 23.8 Å². The first-order valence-electron chi connectivity index (χ1n) is 21.2. The minimum atomic E-state index is 0.512. The molecule has 0 N–H and O–H groups in total. The van der Waals surface area contributed by atoms with Crippen molar-refractivity contribution in [1.29, 1.82) is 0 Å². The molecule has 0 aliphatic heterocycles. The highest BCUT2D eigenvalue weighted by Crippen LogP contribution is 2.44. The number of hydrogen-bond acceptors (Lipinski definition) is 5. The number of furan rings is 2. The van der Waals surface area contributed by atoms with Crippen LogP contribution in [-0.4, -0.2) is 19.5 Å². The molecule has 14 rings (SSSR count). The van der Waals surface area contributed by atoms with Gasteiger partial charge in [0.15, 0.2) is 17.5 Å². The summed E-state index contributed by atoms with van der Waals surface area (Å²) in [5.74, 6) is 1.59. The maximum Gasteiger partial charge on any atom is 0.167 e. The molecule has 0 aliphatic rings. The standard InChI is InChI=1S/C57H32N4O2/c1-2-14-34(15-3-1)55-58-56(45-22-12-21-43-41-19-8-10-23-49(41)62-53(43)45)60-57(59-55)47-31-37-29-38(26-28-39(37)51-44-20-9-11-24-50(44)63-54(47)51)61-48-32-36-17-5-4-16-35(36)30-46(48)42-27-25-33-13-6-7-18-40(33)52(42)61/h1-32H. The summed E-state index contributed by atoms with van der Waals surface area (Å²) >= 11 is 0. The Hall–Kier alpha value is -8.61. The molecule has 4 aromatic heterocycles. The van der Waals surface area contributed by atoms with Crippen LogP contribution in [0.25, 0.3) is 138 Å². The van der Waals surface area contributed by atoms with Crippen molar-refractivity contribution in [3.63, 3.8) is 0 Å². The SMILES string of the molecule is c1ccc(-c2nc(-c3cccc4c3oc3ccccc34)nc(-c3cc4cc(-n5c6cc7ccccc7cc6c6ccc7ccccc7c65)ccc4c4c3oc3ccccc34)n2)cc1. The Morgan fingerprint density at radius 3 is 1.83 bits per heavy atom. The molecule has 4 heterocycles. The quantitative estimate of drug-likeness (QED) is 0.177. The second kappa shape index (κ2) is 12.9. The lowest BCUT2D eigenvalue weighted by atomic mass is 9.99. The zero-order valence-corrected chi connectivity index (χ0v) is 33.6. The summed E-state index contributed by atoms with van der Waals surface area (Å²) in [6, 6.07) is 68.1. The average Bonchev–Trinajstić information content (AvgIpc) is 4.03. The Bertz CT molecular complexity index is 4220. The first-order valence-corrected chi connectivity index (χ1v) is 21.2. The van der Waals surface area contributed by atoms with Gasteiger partial charge in [-0.2, -0.15) is 0 Å². The molecule has 6 nitrogen and oxygen atoms in total. The van der Waals surface area contributed by atoms with Crippen molar-refractivity contribution < 1.29 is 8.83 Å². The van der Waals surface area contributed by atoms with E-state index in [2.05, 4.69) is 126 Å². The topological polar surface area (TPSA) is 69.9 Å². The zero-order chi connectivity index (χ0) is 41.2. The molecule has 6 heteroatoms. The molecule has 63 heavy (non-hydrogen) atoms. The largest absolute Gasteiger partial charge is 0.455 e. The van der Waals surface area contributed by atoms with Crippen LogP contribution in [-0.2, 0) is 0 Å². The Balaban J connectivity index is 1.07. The molecular weight excluding hydrogens is 773 g/mol. The fourth-order valence-electron chi connectivity index (χ4n) is 9.91. The Labute approximate surface area is 358 Å². The first kappa shape index (κ1) is 34.1. The Morgan fingerprint density at radius 1 is 0.349 bits per heavy atom. The van der Waals surface area contributed by atoms with Crippen molar-refractivity contribution in [2.24, 2.45) is 0 Å². The van der Waals surface area contributed by atoms with E-state index < -0.39 is 0 Å². The van der Waals surface area contributed by atoms with Crippen molar-refractivity contribution in [1.82, 2.24) is 19.5 Å². The lowest BCUT2D eigenvalue weighted by Gasteiger charge is -2.13. The van der Waals surface area contributed by atoms with Crippen LogP contribution in [0.3, 0.4) is 0 Å². The highest BCUT2D eigenvalue weighted by atomic mass is 16.3. The predicted octanol–water partition coefficient (Wildman–Crippen LogP) is 15.2. The van der Waals surface area contributed by atoms with Crippen molar-refractivity contribution in [2.75, 3.05) is 0 Å². The molecule has 14 aromatic rings. The van der Waals surface area contributed by atoms with Gasteiger partial charge in [-0.1, -0.05) is 146 Å². The van der Waals surface area contributed by atoms with Crippen molar-refractivity contribution >= 4 is 98.0 Å². The molecule has 0 bridgehead atoms. The highest BCUT2D eigenvalue weighted by Gasteiger charge is 2.23. The van der Waals surface area contributed by atoms with Gasteiger partial charge in [0, 0.05) is 49.0 Å². The van der Waals surface area contributed by atoms with Crippen molar-refractivity contribution in [3.8, 4) is 39.9 Å². The predicted molar refractivity (Wildman–Crippen MR) is 258 cm³/mol. The minimum absolute atomic E-state index is 0.512. The summed E-state index contributed by atoms with van der Waals surface area (Å²) in [5, 5.41) is 13.5. The van der Waals surface area contributed by atoms with Crippen LogP contribution in [0.2, 0.25) is 0 Å². The fourth-order valence-corrected chi connectivity index (χ4v) is 9.91. The van der Waals surface area contributed by atoms with Gasteiger partial charge in [0.05, 0.1) is 22.2 Å². The summed E-state index contributed by atoms with van der Waals surface area (Å²) in [5.41, 5.74) is 8.93. The van der Waals surface area contributed by atoms with Gasteiger partial charge in [-0.25, -0.2) is 15.0 Å². The number of para-hydroxylation sites is 3. The minimum Gasteiger partial charge on any atom is -0.455 e. The Kier molecular flexibility index (Phi) is 7.02. The summed E-state index contributed by atoms with van der Waals surface area (Å²) in [6.45, 7) is 0. The van der Waals surface area contributed by atoms with E-state index in [0.717, 1.165) is 82.5 Å². The monoisotopic (exact) mass is 804 g/mol. The van der Waals surface area contributed by atoms with Crippen LogP contribution in [0.4, 0.5) is 0 Å². The number of aromatic nitrogens is 4. The average molecular weight is 805 g/mol. The van der Waals surface area contributed by atoms with Gasteiger partial charge in [-0.3, -0.25) is 0 Å². The summed E-state index contributed by atoms with van der Waals surface area (Å²) in [4.78, 5) is 15.7. The van der Waals surface area contributed by atoms with E-state index in [-0.39, 0.29) is 0 Å². The van der Waals surface area contributed by atoms with Crippen LogP contribution in [0.1, 0.15) is 0 Å². The van der Waals surface area contributed by atoms with Gasteiger partial charge >= 0.3 is 0 Å². The normalized spacial score (nSPS) is 12.1. The second-order valence-corrected chi connectivity index (χ2v) is 16.3. The smallest absolute Gasteiger partial charge is 0.167 e. The molecule has 10 aromatic carbocycles.